The van der Waals surface area contributed by atoms with Crippen molar-refractivity contribution in [3.63, 3.8) is 0 Å². The van der Waals surface area contributed by atoms with Gasteiger partial charge in [0.05, 0.1) is 13.2 Å². The first-order valence-corrected chi connectivity index (χ1v) is 4.94. The zero-order valence-electron chi connectivity index (χ0n) is 9.60. The average Bonchev–Trinajstić information content (AvgIpc) is 2.14. The van der Waals surface area contributed by atoms with Crippen LogP contribution < -0.4 is 5.32 Å². The molecule has 0 radical (unpaired) electrons. The van der Waals surface area contributed by atoms with Crippen LogP contribution in [0.4, 0.5) is 13.2 Å². The van der Waals surface area contributed by atoms with Gasteiger partial charge in [0.2, 0.25) is 5.91 Å². The van der Waals surface area contributed by atoms with Crippen LogP contribution in [0.2, 0.25) is 0 Å². The molecule has 0 rings (SSSR count). The summed E-state index contributed by atoms with van der Waals surface area (Å²) < 4.78 is 44.2. The van der Waals surface area contributed by atoms with E-state index >= 15 is 0 Å². The first kappa shape index (κ1) is 15.9. The quantitative estimate of drug-likeness (QED) is 0.525. The van der Waals surface area contributed by atoms with Crippen LogP contribution >= 0.6 is 0 Å². The summed E-state index contributed by atoms with van der Waals surface area (Å²) in [5, 5.41) is 2.36. The summed E-state index contributed by atoms with van der Waals surface area (Å²) in [5.41, 5.74) is 0.852. The minimum Gasteiger partial charge on any atom is -0.375 e. The highest BCUT2D eigenvalue weighted by atomic mass is 19.4. The highest BCUT2D eigenvalue weighted by Crippen LogP contribution is 2.13. The maximum atomic E-state index is 11.6. The molecule has 0 spiro atoms. The van der Waals surface area contributed by atoms with Crippen molar-refractivity contribution in [2.75, 3.05) is 33.0 Å². The molecule has 1 N–H and O–H groups in total. The Hall–Kier alpha value is -1.08. The first-order chi connectivity index (χ1) is 7.81. The Morgan fingerprint density at radius 3 is 2.47 bits per heavy atom. The van der Waals surface area contributed by atoms with Crippen LogP contribution in [0, 0.1) is 0 Å². The molecular weight excluding hydrogens is 239 g/mol. The van der Waals surface area contributed by atoms with E-state index in [9.17, 15) is 18.0 Å². The van der Waals surface area contributed by atoms with Gasteiger partial charge >= 0.3 is 6.18 Å². The minimum absolute atomic E-state index is 0.224. The number of rotatable bonds is 8. The lowest BCUT2D eigenvalue weighted by atomic mass is 10.4. The number of hydrogen-bond donors (Lipinski definition) is 1. The second-order valence-electron chi connectivity index (χ2n) is 3.47. The molecule has 7 heteroatoms. The van der Waals surface area contributed by atoms with E-state index in [4.69, 9.17) is 4.74 Å². The molecule has 0 fully saturated rings. The third-order valence-corrected chi connectivity index (χ3v) is 1.42. The highest BCUT2D eigenvalue weighted by Gasteiger charge is 2.27. The van der Waals surface area contributed by atoms with Gasteiger partial charge in [-0.15, -0.1) is 0 Å². The smallest absolute Gasteiger partial charge is 0.375 e. The maximum absolute atomic E-state index is 11.6. The molecular formula is C10H16F3NO3. The Kier molecular flexibility index (Phi) is 7.56. The monoisotopic (exact) mass is 255 g/mol. The van der Waals surface area contributed by atoms with Crippen LogP contribution in [0.1, 0.15) is 6.92 Å². The Balaban J connectivity index is 3.38. The lowest BCUT2D eigenvalue weighted by molar-refractivity contribution is -0.175. The molecule has 0 bridgehead atoms. The molecule has 0 aromatic heterocycles. The number of hydrogen-bond acceptors (Lipinski definition) is 3. The lowest BCUT2D eigenvalue weighted by Crippen LogP contribution is -2.32. The van der Waals surface area contributed by atoms with Gasteiger partial charge < -0.3 is 14.8 Å². The van der Waals surface area contributed by atoms with Crippen molar-refractivity contribution in [3.05, 3.63) is 12.2 Å². The molecule has 0 unspecified atom stereocenters. The van der Waals surface area contributed by atoms with Crippen LogP contribution in [-0.2, 0) is 14.3 Å². The summed E-state index contributed by atoms with van der Waals surface area (Å²) in [5.74, 6) is -0.604. The fourth-order valence-electron chi connectivity index (χ4n) is 0.820. The number of carbonyl (C=O) groups excluding carboxylic acids is 1. The van der Waals surface area contributed by atoms with E-state index in [1.165, 1.54) is 0 Å². The second kappa shape index (κ2) is 8.08. The lowest BCUT2D eigenvalue weighted by Gasteiger charge is -2.08. The van der Waals surface area contributed by atoms with Gasteiger partial charge in [-0.25, -0.2) is 0 Å². The van der Waals surface area contributed by atoms with Crippen LogP contribution in [0.3, 0.4) is 0 Å². The minimum atomic E-state index is -4.41. The molecule has 17 heavy (non-hydrogen) atoms. The van der Waals surface area contributed by atoms with Crippen molar-refractivity contribution in [1.82, 2.24) is 5.32 Å². The van der Waals surface area contributed by atoms with Crippen molar-refractivity contribution >= 4 is 5.91 Å². The molecule has 0 aliphatic carbocycles. The number of nitrogens with one attached hydrogen (secondary N) is 1. The van der Waals surface area contributed by atoms with Gasteiger partial charge in [0, 0.05) is 6.54 Å². The summed E-state index contributed by atoms with van der Waals surface area (Å²) >= 11 is 0. The maximum Gasteiger partial charge on any atom is 0.411 e. The Morgan fingerprint density at radius 1 is 1.29 bits per heavy atom. The molecule has 100 valence electrons. The Morgan fingerprint density at radius 2 is 1.94 bits per heavy atom. The summed E-state index contributed by atoms with van der Waals surface area (Å²) in [4.78, 5) is 10.9. The normalized spacial score (nSPS) is 11.3. The molecule has 0 aromatic rings. The Bertz CT molecular complexity index is 254. The van der Waals surface area contributed by atoms with E-state index in [2.05, 4.69) is 16.6 Å². The van der Waals surface area contributed by atoms with Gasteiger partial charge in [-0.05, 0) is 6.92 Å². The van der Waals surface area contributed by atoms with Crippen LogP contribution in [0.25, 0.3) is 0 Å². The van der Waals surface area contributed by atoms with E-state index in [1.54, 1.807) is 6.92 Å². The van der Waals surface area contributed by atoms with E-state index in [0.717, 1.165) is 5.57 Å². The Labute approximate surface area is 97.8 Å². The predicted octanol–water partition coefficient (Wildman–Crippen LogP) is 1.27. The molecule has 0 aliphatic heterocycles. The summed E-state index contributed by atoms with van der Waals surface area (Å²) in [6.07, 6.45) is -4.41. The van der Waals surface area contributed by atoms with Gasteiger partial charge in [-0.3, -0.25) is 4.79 Å². The van der Waals surface area contributed by atoms with Gasteiger partial charge in [-0.2, -0.15) is 13.2 Å². The molecule has 0 saturated carbocycles. The van der Waals surface area contributed by atoms with Crippen molar-refractivity contribution in [2.45, 2.75) is 13.1 Å². The van der Waals surface area contributed by atoms with Crippen LogP contribution in [-0.4, -0.2) is 45.1 Å². The van der Waals surface area contributed by atoms with Crippen LogP contribution in [0.5, 0.6) is 0 Å². The first-order valence-electron chi connectivity index (χ1n) is 4.94. The van der Waals surface area contributed by atoms with Gasteiger partial charge in [0.1, 0.15) is 13.2 Å². The summed E-state index contributed by atoms with van der Waals surface area (Å²) in [6.45, 7) is 4.26. The topological polar surface area (TPSA) is 47.6 Å². The largest absolute Gasteiger partial charge is 0.411 e. The van der Waals surface area contributed by atoms with E-state index < -0.39 is 25.3 Å². The zero-order valence-corrected chi connectivity index (χ0v) is 9.60. The average molecular weight is 255 g/mol. The number of alkyl halides is 3. The van der Waals surface area contributed by atoms with E-state index in [-0.39, 0.29) is 13.2 Å². The van der Waals surface area contributed by atoms with Crippen molar-refractivity contribution < 1.29 is 27.4 Å². The summed E-state index contributed by atoms with van der Waals surface area (Å²) in [6, 6.07) is 0. The zero-order chi connectivity index (χ0) is 13.3. The number of halogens is 3. The molecule has 4 nitrogen and oxygen atoms in total. The fourth-order valence-corrected chi connectivity index (χ4v) is 0.820. The molecule has 0 aliphatic rings. The SMILES string of the molecule is C=C(C)COCCNC(=O)COCC(F)(F)F. The number of amides is 1. The van der Waals surface area contributed by atoms with E-state index in [0.29, 0.717) is 6.61 Å². The molecule has 0 saturated heterocycles. The van der Waals surface area contributed by atoms with Gasteiger partial charge in [0.15, 0.2) is 0 Å². The van der Waals surface area contributed by atoms with Crippen molar-refractivity contribution in [3.8, 4) is 0 Å². The fraction of sp³-hybridized carbons (Fsp3) is 0.700. The third-order valence-electron chi connectivity index (χ3n) is 1.42. The van der Waals surface area contributed by atoms with Gasteiger partial charge in [-0.1, -0.05) is 12.2 Å². The highest BCUT2D eigenvalue weighted by molar-refractivity contribution is 5.77. The summed E-state index contributed by atoms with van der Waals surface area (Å²) in [7, 11) is 0. The standard InChI is InChI=1S/C10H16F3NO3/c1-8(2)5-16-4-3-14-9(15)6-17-7-10(11,12)13/h1,3-7H2,2H3,(H,14,15). The van der Waals surface area contributed by atoms with Crippen molar-refractivity contribution in [1.29, 1.82) is 0 Å². The van der Waals surface area contributed by atoms with Crippen molar-refractivity contribution in [2.24, 2.45) is 0 Å². The third kappa shape index (κ3) is 12.9. The second-order valence-corrected chi connectivity index (χ2v) is 3.47. The van der Waals surface area contributed by atoms with E-state index in [1.807, 2.05) is 0 Å². The molecule has 0 atom stereocenters. The number of ether oxygens (including phenoxy) is 2. The molecule has 1 amide bonds. The van der Waals surface area contributed by atoms with Gasteiger partial charge in [0.25, 0.3) is 0 Å². The van der Waals surface area contributed by atoms with Crippen LogP contribution in [0.15, 0.2) is 12.2 Å². The number of carbonyl (C=O) groups is 1. The molecule has 0 aromatic carbocycles. The predicted molar refractivity (Wildman–Crippen MR) is 55.5 cm³/mol. The molecule has 0 heterocycles.